The quantitative estimate of drug-likeness (QED) is 0.788. The van der Waals surface area contributed by atoms with Crippen LogP contribution in [-0.4, -0.2) is 29.3 Å². The Hall–Kier alpha value is -2.92. The van der Waals surface area contributed by atoms with Gasteiger partial charge < -0.3 is 11.1 Å². The fourth-order valence-electron chi connectivity index (χ4n) is 3.24. The Balaban J connectivity index is 1.61. The third-order valence-corrected chi connectivity index (χ3v) is 4.50. The van der Waals surface area contributed by atoms with Crippen LogP contribution in [0, 0.1) is 0 Å². The van der Waals surface area contributed by atoms with Crippen molar-refractivity contribution in [1.82, 2.24) is 4.90 Å². The van der Waals surface area contributed by atoms with Gasteiger partial charge in [-0.15, -0.1) is 0 Å². The second-order valence-electron chi connectivity index (χ2n) is 6.46. The SMILES string of the molecule is NC(=O)[C@H]1CCCN1Cc1cccc(NC(=O)/C=C/c2ccccc2)c1. The molecule has 0 saturated carbocycles. The molecule has 3 N–H and O–H groups in total. The fourth-order valence-corrected chi connectivity index (χ4v) is 3.24. The maximum absolute atomic E-state index is 12.1. The highest BCUT2D eigenvalue weighted by atomic mass is 16.2. The summed E-state index contributed by atoms with van der Waals surface area (Å²) in [6.45, 7) is 1.52. The van der Waals surface area contributed by atoms with Gasteiger partial charge in [-0.05, 0) is 48.7 Å². The molecule has 1 aliphatic rings. The smallest absolute Gasteiger partial charge is 0.248 e. The van der Waals surface area contributed by atoms with E-state index in [4.69, 9.17) is 5.73 Å². The van der Waals surface area contributed by atoms with E-state index in [1.807, 2.05) is 54.6 Å². The average molecular weight is 349 g/mol. The van der Waals surface area contributed by atoms with Gasteiger partial charge in [0, 0.05) is 18.3 Å². The molecule has 3 rings (SSSR count). The van der Waals surface area contributed by atoms with Crippen molar-refractivity contribution in [1.29, 1.82) is 0 Å². The van der Waals surface area contributed by atoms with Gasteiger partial charge in [0.05, 0.1) is 6.04 Å². The zero-order chi connectivity index (χ0) is 18.4. The number of benzene rings is 2. The minimum atomic E-state index is -0.266. The van der Waals surface area contributed by atoms with E-state index in [1.165, 1.54) is 6.08 Å². The van der Waals surface area contributed by atoms with Crippen molar-refractivity contribution < 1.29 is 9.59 Å². The van der Waals surface area contributed by atoms with Crippen LogP contribution >= 0.6 is 0 Å². The van der Waals surface area contributed by atoms with Crippen molar-refractivity contribution in [3.05, 3.63) is 71.8 Å². The molecular weight excluding hydrogens is 326 g/mol. The molecule has 0 bridgehead atoms. The Morgan fingerprint density at radius 1 is 1.15 bits per heavy atom. The minimum Gasteiger partial charge on any atom is -0.368 e. The van der Waals surface area contributed by atoms with Crippen LogP contribution in [0.3, 0.4) is 0 Å². The zero-order valence-electron chi connectivity index (χ0n) is 14.6. The lowest BCUT2D eigenvalue weighted by molar-refractivity contribution is -0.122. The molecule has 2 aromatic carbocycles. The summed E-state index contributed by atoms with van der Waals surface area (Å²) >= 11 is 0. The first-order chi connectivity index (χ1) is 12.6. The third kappa shape index (κ3) is 4.80. The van der Waals surface area contributed by atoms with E-state index in [1.54, 1.807) is 6.08 Å². The monoisotopic (exact) mass is 349 g/mol. The van der Waals surface area contributed by atoms with Gasteiger partial charge in [-0.25, -0.2) is 0 Å². The molecule has 5 heteroatoms. The standard InChI is InChI=1S/C21H23N3O2/c22-21(26)19-10-5-13-24(19)15-17-8-4-9-18(14-17)23-20(25)12-11-16-6-2-1-3-7-16/h1-4,6-9,11-12,14,19H,5,10,13,15H2,(H2,22,26)(H,23,25)/b12-11+/t19-/m1/s1. The third-order valence-electron chi connectivity index (χ3n) is 4.50. The molecule has 0 radical (unpaired) electrons. The van der Waals surface area contributed by atoms with Crippen LogP contribution in [0.25, 0.3) is 6.08 Å². The molecule has 0 aromatic heterocycles. The largest absolute Gasteiger partial charge is 0.368 e. The molecule has 2 amide bonds. The van der Waals surface area contributed by atoms with E-state index in [-0.39, 0.29) is 17.9 Å². The maximum Gasteiger partial charge on any atom is 0.248 e. The fraction of sp³-hybridized carbons (Fsp3) is 0.238. The van der Waals surface area contributed by atoms with Gasteiger partial charge in [0.2, 0.25) is 11.8 Å². The molecule has 2 aromatic rings. The van der Waals surface area contributed by atoms with Crippen molar-refractivity contribution in [3.8, 4) is 0 Å². The van der Waals surface area contributed by atoms with Crippen LogP contribution in [0.5, 0.6) is 0 Å². The van der Waals surface area contributed by atoms with E-state index in [9.17, 15) is 9.59 Å². The molecular formula is C21H23N3O2. The number of nitrogens with zero attached hydrogens (tertiary/aromatic N) is 1. The summed E-state index contributed by atoms with van der Waals surface area (Å²) in [5, 5.41) is 2.88. The number of nitrogens with one attached hydrogen (secondary N) is 1. The summed E-state index contributed by atoms with van der Waals surface area (Å²) in [6, 6.07) is 17.2. The molecule has 0 aliphatic carbocycles. The van der Waals surface area contributed by atoms with Crippen LogP contribution < -0.4 is 11.1 Å². The summed E-state index contributed by atoms with van der Waals surface area (Å²) < 4.78 is 0. The van der Waals surface area contributed by atoms with Gasteiger partial charge in [0.25, 0.3) is 0 Å². The Morgan fingerprint density at radius 3 is 2.73 bits per heavy atom. The molecule has 1 saturated heterocycles. The predicted octanol–water partition coefficient (Wildman–Crippen LogP) is 2.79. The summed E-state index contributed by atoms with van der Waals surface area (Å²) in [7, 11) is 0. The van der Waals surface area contributed by atoms with Crippen LogP contribution in [0.2, 0.25) is 0 Å². The molecule has 26 heavy (non-hydrogen) atoms. The van der Waals surface area contributed by atoms with Crippen LogP contribution in [-0.2, 0) is 16.1 Å². The van der Waals surface area contributed by atoms with Crippen LogP contribution in [0.15, 0.2) is 60.7 Å². The van der Waals surface area contributed by atoms with Gasteiger partial charge in [-0.3, -0.25) is 14.5 Å². The number of hydrogen-bond acceptors (Lipinski definition) is 3. The Kier molecular flexibility index (Phi) is 5.81. The molecule has 1 fully saturated rings. The number of carbonyl (C=O) groups is 2. The maximum atomic E-state index is 12.1. The number of likely N-dealkylation sites (tertiary alicyclic amines) is 1. The molecule has 0 spiro atoms. The van der Waals surface area contributed by atoms with Crippen molar-refractivity contribution in [2.45, 2.75) is 25.4 Å². The Labute approximate surface area is 153 Å². The lowest BCUT2D eigenvalue weighted by atomic mass is 10.1. The van der Waals surface area contributed by atoms with E-state index in [0.717, 1.165) is 36.2 Å². The number of anilines is 1. The van der Waals surface area contributed by atoms with Gasteiger partial charge in [-0.1, -0.05) is 42.5 Å². The first kappa shape index (κ1) is 17.9. The van der Waals surface area contributed by atoms with Crippen molar-refractivity contribution in [3.63, 3.8) is 0 Å². The molecule has 0 unspecified atom stereocenters. The summed E-state index contributed by atoms with van der Waals surface area (Å²) in [6.07, 6.45) is 5.09. The molecule has 1 aliphatic heterocycles. The summed E-state index contributed by atoms with van der Waals surface area (Å²) in [5.74, 6) is -0.444. The van der Waals surface area contributed by atoms with E-state index >= 15 is 0 Å². The molecule has 134 valence electrons. The summed E-state index contributed by atoms with van der Waals surface area (Å²) in [4.78, 5) is 25.7. The van der Waals surface area contributed by atoms with E-state index < -0.39 is 0 Å². The van der Waals surface area contributed by atoms with Gasteiger partial charge in [0.1, 0.15) is 0 Å². The zero-order valence-corrected chi connectivity index (χ0v) is 14.6. The van der Waals surface area contributed by atoms with Crippen molar-refractivity contribution >= 4 is 23.6 Å². The van der Waals surface area contributed by atoms with Crippen LogP contribution in [0.1, 0.15) is 24.0 Å². The topological polar surface area (TPSA) is 75.4 Å². The first-order valence-electron chi connectivity index (χ1n) is 8.78. The highest BCUT2D eigenvalue weighted by Gasteiger charge is 2.28. The highest BCUT2D eigenvalue weighted by molar-refractivity contribution is 6.01. The Bertz CT molecular complexity index is 802. The van der Waals surface area contributed by atoms with Crippen molar-refractivity contribution in [2.24, 2.45) is 5.73 Å². The molecule has 5 nitrogen and oxygen atoms in total. The number of carbonyl (C=O) groups excluding carboxylic acids is 2. The lowest BCUT2D eigenvalue weighted by Gasteiger charge is -2.22. The predicted molar refractivity (Wildman–Crippen MR) is 103 cm³/mol. The number of amides is 2. The second-order valence-corrected chi connectivity index (χ2v) is 6.46. The minimum absolute atomic E-state index is 0.179. The second kappa shape index (κ2) is 8.45. The normalized spacial score (nSPS) is 17.5. The average Bonchev–Trinajstić information content (AvgIpc) is 3.09. The van der Waals surface area contributed by atoms with E-state index in [2.05, 4.69) is 10.2 Å². The number of rotatable bonds is 6. The van der Waals surface area contributed by atoms with Gasteiger partial charge in [0.15, 0.2) is 0 Å². The van der Waals surface area contributed by atoms with E-state index in [0.29, 0.717) is 6.54 Å². The van der Waals surface area contributed by atoms with Crippen molar-refractivity contribution in [2.75, 3.05) is 11.9 Å². The number of primary amides is 1. The summed E-state index contributed by atoms with van der Waals surface area (Å²) in [5.41, 5.74) is 8.23. The molecule has 1 heterocycles. The Morgan fingerprint density at radius 2 is 1.96 bits per heavy atom. The van der Waals surface area contributed by atoms with Gasteiger partial charge in [-0.2, -0.15) is 0 Å². The lowest BCUT2D eigenvalue weighted by Crippen LogP contribution is -2.39. The van der Waals surface area contributed by atoms with Gasteiger partial charge >= 0.3 is 0 Å². The van der Waals surface area contributed by atoms with Crippen LogP contribution in [0.4, 0.5) is 5.69 Å². The highest BCUT2D eigenvalue weighted by Crippen LogP contribution is 2.21. The number of nitrogens with two attached hydrogens (primary N) is 1. The molecule has 1 atom stereocenters. The number of hydrogen-bond donors (Lipinski definition) is 2. The first-order valence-corrected chi connectivity index (χ1v) is 8.78.